The van der Waals surface area contributed by atoms with Gasteiger partial charge < -0.3 is 4.74 Å². The van der Waals surface area contributed by atoms with Crippen LogP contribution in [0.1, 0.15) is 30.5 Å². The number of halogens is 2. The number of pyridine rings is 1. The number of hydrogen-bond donors (Lipinski definition) is 2. The molecule has 3 N–H and O–H groups in total. The molecular weight excluding hydrogens is 398 g/mol. The zero-order valence-corrected chi connectivity index (χ0v) is 14.8. The number of aromatic nitrogens is 1. The van der Waals surface area contributed by atoms with Crippen molar-refractivity contribution in [3.05, 3.63) is 56.7 Å². The molecule has 21 heavy (non-hydrogen) atoms. The molecule has 0 saturated heterocycles. The van der Waals surface area contributed by atoms with Gasteiger partial charge in [0.1, 0.15) is 5.75 Å². The maximum atomic E-state index is 5.74. The van der Waals surface area contributed by atoms with Crippen molar-refractivity contribution in [1.82, 2.24) is 10.4 Å². The molecule has 0 aliphatic heterocycles. The molecular formula is C15H17Br2N3O. The monoisotopic (exact) mass is 413 g/mol. The van der Waals surface area contributed by atoms with Gasteiger partial charge in [-0.05, 0) is 41.8 Å². The quantitative estimate of drug-likeness (QED) is 0.555. The third-order valence-electron chi connectivity index (χ3n) is 2.93. The minimum atomic E-state index is -0.156. The van der Waals surface area contributed by atoms with Crippen molar-refractivity contribution >= 4 is 31.9 Å². The molecule has 0 aliphatic carbocycles. The Morgan fingerprint density at radius 2 is 1.86 bits per heavy atom. The maximum absolute atomic E-state index is 5.74. The third kappa shape index (κ3) is 4.51. The summed E-state index contributed by atoms with van der Waals surface area (Å²) in [7, 11) is 0. The van der Waals surface area contributed by atoms with Gasteiger partial charge in [-0.15, -0.1) is 0 Å². The second kappa shape index (κ2) is 7.89. The minimum absolute atomic E-state index is 0.156. The molecule has 0 radical (unpaired) electrons. The number of ether oxygens (including phenoxy) is 1. The Kier molecular flexibility index (Phi) is 6.17. The molecule has 0 amide bonds. The van der Waals surface area contributed by atoms with Crippen LogP contribution >= 0.6 is 31.9 Å². The van der Waals surface area contributed by atoms with Gasteiger partial charge in [0.05, 0.1) is 18.8 Å². The van der Waals surface area contributed by atoms with Crippen LogP contribution in [0.25, 0.3) is 0 Å². The highest BCUT2D eigenvalue weighted by molar-refractivity contribution is 9.11. The van der Waals surface area contributed by atoms with Crippen LogP contribution < -0.4 is 16.0 Å². The van der Waals surface area contributed by atoms with E-state index in [1.165, 1.54) is 0 Å². The highest BCUT2D eigenvalue weighted by Crippen LogP contribution is 2.28. The van der Waals surface area contributed by atoms with Crippen LogP contribution in [0.4, 0.5) is 0 Å². The first-order valence-corrected chi connectivity index (χ1v) is 8.22. The first kappa shape index (κ1) is 16.4. The summed E-state index contributed by atoms with van der Waals surface area (Å²) in [5.74, 6) is 6.49. The van der Waals surface area contributed by atoms with Crippen molar-refractivity contribution in [2.75, 3.05) is 6.61 Å². The number of benzene rings is 1. The number of nitrogens with two attached hydrogens (primary N) is 1. The molecule has 2 rings (SSSR count). The van der Waals surface area contributed by atoms with E-state index >= 15 is 0 Å². The average molecular weight is 415 g/mol. The molecule has 4 nitrogen and oxygen atoms in total. The number of nitrogens with one attached hydrogen (secondary N) is 1. The van der Waals surface area contributed by atoms with Crippen LogP contribution in [0.3, 0.4) is 0 Å². The summed E-state index contributed by atoms with van der Waals surface area (Å²) in [4.78, 5) is 4.23. The van der Waals surface area contributed by atoms with Gasteiger partial charge in [-0.1, -0.05) is 38.8 Å². The van der Waals surface area contributed by atoms with E-state index in [-0.39, 0.29) is 6.04 Å². The van der Waals surface area contributed by atoms with E-state index < -0.39 is 0 Å². The Balaban J connectivity index is 2.32. The molecule has 1 aromatic heterocycles. The number of rotatable bonds is 6. The summed E-state index contributed by atoms with van der Waals surface area (Å²) in [5.41, 5.74) is 4.83. The highest BCUT2D eigenvalue weighted by atomic mass is 79.9. The van der Waals surface area contributed by atoms with Gasteiger partial charge in [-0.3, -0.25) is 10.8 Å². The Bertz CT molecular complexity index is 587. The van der Waals surface area contributed by atoms with Gasteiger partial charge in [0.2, 0.25) is 0 Å². The SMILES string of the molecule is CCCOc1cncc(C(NN)c2cc(Br)cc(Br)c2)c1. The Morgan fingerprint density at radius 3 is 2.48 bits per heavy atom. The molecule has 1 heterocycles. The topological polar surface area (TPSA) is 60.2 Å². The molecule has 112 valence electrons. The van der Waals surface area contributed by atoms with E-state index in [4.69, 9.17) is 10.6 Å². The lowest BCUT2D eigenvalue weighted by Gasteiger charge is -2.18. The van der Waals surface area contributed by atoms with E-state index in [9.17, 15) is 0 Å². The van der Waals surface area contributed by atoms with Crippen molar-refractivity contribution in [1.29, 1.82) is 0 Å². The van der Waals surface area contributed by atoms with Crippen LogP contribution in [0, 0.1) is 0 Å². The normalized spacial score (nSPS) is 12.2. The van der Waals surface area contributed by atoms with Crippen molar-refractivity contribution in [3.8, 4) is 5.75 Å². The molecule has 0 aliphatic rings. The smallest absolute Gasteiger partial charge is 0.137 e. The van der Waals surface area contributed by atoms with Gasteiger partial charge in [0.25, 0.3) is 0 Å². The first-order chi connectivity index (χ1) is 10.1. The fourth-order valence-electron chi connectivity index (χ4n) is 2.02. The molecule has 1 aromatic carbocycles. The van der Waals surface area contributed by atoms with Crippen molar-refractivity contribution in [2.24, 2.45) is 5.84 Å². The summed E-state index contributed by atoms with van der Waals surface area (Å²) in [5, 5.41) is 0. The second-order valence-electron chi connectivity index (χ2n) is 4.60. The molecule has 0 spiro atoms. The van der Waals surface area contributed by atoms with E-state index in [0.29, 0.717) is 6.61 Å². The average Bonchev–Trinajstić information content (AvgIpc) is 2.45. The second-order valence-corrected chi connectivity index (χ2v) is 6.44. The summed E-state index contributed by atoms with van der Waals surface area (Å²) >= 11 is 6.99. The molecule has 0 fully saturated rings. The Labute approximate surface area is 141 Å². The molecule has 2 aromatic rings. The van der Waals surface area contributed by atoms with Gasteiger partial charge in [-0.25, -0.2) is 5.43 Å². The zero-order valence-electron chi connectivity index (χ0n) is 11.6. The maximum Gasteiger partial charge on any atom is 0.137 e. The summed E-state index contributed by atoms with van der Waals surface area (Å²) in [6.07, 6.45) is 4.46. The summed E-state index contributed by atoms with van der Waals surface area (Å²) in [6.45, 7) is 2.74. The standard InChI is InChI=1S/C15H17Br2N3O/c1-2-3-21-14-6-11(8-19-9-14)15(20-18)10-4-12(16)7-13(17)5-10/h4-9,15,20H,2-3,18H2,1H3. The van der Waals surface area contributed by atoms with Crippen LogP contribution in [0.2, 0.25) is 0 Å². The van der Waals surface area contributed by atoms with E-state index in [0.717, 1.165) is 32.2 Å². The minimum Gasteiger partial charge on any atom is -0.492 e. The lowest BCUT2D eigenvalue weighted by atomic mass is 10.0. The van der Waals surface area contributed by atoms with E-state index in [2.05, 4.69) is 49.2 Å². The van der Waals surface area contributed by atoms with Crippen LogP contribution in [-0.2, 0) is 0 Å². The molecule has 0 bridgehead atoms. The predicted molar refractivity (Wildman–Crippen MR) is 91.0 cm³/mol. The van der Waals surface area contributed by atoms with Gasteiger partial charge in [-0.2, -0.15) is 0 Å². The fraction of sp³-hybridized carbons (Fsp3) is 0.267. The molecule has 1 atom stereocenters. The molecule has 6 heteroatoms. The third-order valence-corrected chi connectivity index (χ3v) is 3.84. The van der Waals surface area contributed by atoms with Crippen LogP contribution in [0.15, 0.2) is 45.6 Å². The van der Waals surface area contributed by atoms with Crippen molar-refractivity contribution < 1.29 is 4.74 Å². The number of hydrogen-bond acceptors (Lipinski definition) is 4. The Hall–Kier alpha value is -0.950. The van der Waals surface area contributed by atoms with Crippen LogP contribution in [-0.4, -0.2) is 11.6 Å². The fourth-order valence-corrected chi connectivity index (χ4v) is 3.35. The van der Waals surface area contributed by atoms with Crippen molar-refractivity contribution in [3.63, 3.8) is 0 Å². The summed E-state index contributed by atoms with van der Waals surface area (Å²) in [6, 6.07) is 7.83. The zero-order chi connectivity index (χ0) is 15.2. The van der Waals surface area contributed by atoms with Gasteiger partial charge in [0, 0.05) is 15.1 Å². The largest absolute Gasteiger partial charge is 0.492 e. The lowest BCUT2D eigenvalue weighted by Crippen LogP contribution is -2.29. The number of nitrogens with zero attached hydrogens (tertiary/aromatic N) is 1. The van der Waals surface area contributed by atoms with Gasteiger partial charge in [0.15, 0.2) is 0 Å². The first-order valence-electron chi connectivity index (χ1n) is 6.64. The Morgan fingerprint density at radius 1 is 1.14 bits per heavy atom. The highest BCUT2D eigenvalue weighted by Gasteiger charge is 2.15. The lowest BCUT2D eigenvalue weighted by molar-refractivity contribution is 0.315. The number of hydrazine groups is 1. The van der Waals surface area contributed by atoms with Crippen LogP contribution in [0.5, 0.6) is 5.75 Å². The predicted octanol–water partition coefficient (Wildman–Crippen LogP) is 3.95. The van der Waals surface area contributed by atoms with E-state index in [1.54, 1.807) is 12.4 Å². The molecule has 0 saturated carbocycles. The molecule has 1 unspecified atom stereocenters. The van der Waals surface area contributed by atoms with Crippen molar-refractivity contribution in [2.45, 2.75) is 19.4 Å². The summed E-state index contributed by atoms with van der Waals surface area (Å²) < 4.78 is 7.59. The van der Waals surface area contributed by atoms with E-state index in [1.807, 2.05) is 24.3 Å². The van der Waals surface area contributed by atoms with Gasteiger partial charge >= 0.3 is 0 Å².